The molecule has 112 valence electrons. The first-order valence-electron chi connectivity index (χ1n) is 6.20. The molecule has 1 aliphatic rings. The summed E-state index contributed by atoms with van der Waals surface area (Å²) >= 11 is 0. The molecule has 5 nitrogen and oxygen atoms in total. The van der Waals surface area contributed by atoms with Gasteiger partial charge in [0.1, 0.15) is 5.25 Å². The third-order valence-corrected chi connectivity index (χ3v) is 5.53. The minimum atomic E-state index is -3.88. The predicted molar refractivity (Wildman–Crippen MR) is 84.3 cm³/mol. The number of allylic oxidation sites excluding steroid dienone is 3. The lowest BCUT2D eigenvalue weighted by Gasteiger charge is -2.17. The number of nitrogens with one attached hydrogen (secondary N) is 1. The number of aryl methyl sites for hydroxylation is 1. The molecule has 21 heavy (non-hydrogen) atoms. The van der Waals surface area contributed by atoms with Crippen molar-refractivity contribution >= 4 is 30.9 Å². The van der Waals surface area contributed by atoms with E-state index in [1.54, 1.807) is 37.3 Å². The van der Waals surface area contributed by atoms with Crippen molar-refractivity contribution in [3.63, 3.8) is 0 Å². The van der Waals surface area contributed by atoms with Crippen molar-refractivity contribution in [3.8, 4) is 0 Å². The Kier molecular flexibility index (Phi) is 4.34. The van der Waals surface area contributed by atoms with Crippen LogP contribution in [0.1, 0.15) is 12.5 Å². The lowest BCUT2D eigenvalue weighted by molar-refractivity contribution is 0.600. The number of benzene rings is 1. The molecule has 0 heterocycles. The highest BCUT2D eigenvalue weighted by Crippen LogP contribution is 2.18. The van der Waals surface area contributed by atoms with Crippen LogP contribution in [0.3, 0.4) is 0 Å². The molecule has 0 aromatic heterocycles. The maximum absolute atomic E-state index is 12.4. The molecule has 1 aromatic carbocycles. The van der Waals surface area contributed by atoms with Crippen LogP contribution < -0.4 is 4.72 Å². The number of hydrogen-bond acceptors (Lipinski definition) is 4. The van der Waals surface area contributed by atoms with E-state index < -0.39 is 25.6 Å². The maximum Gasteiger partial charge on any atom is 0.244 e. The Balaban J connectivity index is 2.38. The molecule has 1 aromatic rings. The highest BCUT2D eigenvalue weighted by Gasteiger charge is 2.30. The highest BCUT2D eigenvalue weighted by atomic mass is 32.2. The van der Waals surface area contributed by atoms with Crippen LogP contribution in [0.2, 0.25) is 0 Å². The smallest absolute Gasteiger partial charge is 0.244 e. The van der Waals surface area contributed by atoms with E-state index >= 15 is 0 Å². The fourth-order valence-corrected chi connectivity index (χ4v) is 4.35. The molecular formula is C14H15NO4S2. The second-order valence-corrected chi connectivity index (χ2v) is 7.56. The fourth-order valence-electron chi connectivity index (χ4n) is 1.94. The highest BCUT2D eigenvalue weighted by molar-refractivity contribution is 7.95. The zero-order valence-corrected chi connectivity index (χ0v) is 13.2. The number of hydrogen-bond donors (Lipinski definition) is 1. The zero-order chi connectivity index (χ0) is 15.6. The molecule has 0 amide bonds. The van der Waals surface area contributed by atoms with Crippen LogP contribution >= 0.6 is 0 Å². The Morgan fingerprint density at radius 2 is 1.71 bits per heavy atom. The van der Waals surface area contributed by atoms with Crippen molar-refractivity contribution in [2.45, 2.75) is 19.1 Å². The topological polar surface area (TPSA) is 80.3 Å². The van der Waals surface area contributed by atoms with Crippen molar-refractivity contribution < 1.29 is 16.8 Å². The first-order chi connectivity index (χ1) is 9.79. The van der Waals surface area contributed by atoms with Gasteiger partial charge in [-0.1, -0.05) is 35.4 Å². The Labute approximate surface area is 125 Å². The second kappa shape index (κ2) is 5.87. The van der Waals surface area contributed by atoms with E-state index in [0.29, 0.717) is 11.3 Å². The average molecular weight is 325 g/mol. The Bertz CT molecular complexity index is 837. The van der Waals surface area contributed by atoms with Crippen LogP contribution in [0.25, 0.3) is 0 Å². The lowest BCUT2D eigenvalue weighted by atomic mass is 10.1. The van der Waals surface area contributed by atoms with Crippen LogP contribution in [0.15, 0.2) is 48.1 Å². The molecule has 0 aliphatic heterocycles. The Hall–Kier alpha value is -1.86. The van der Waals surface area contributed by atoms with Crippen molar-refractivity contribution in [1.29, 1.82) is 0 Å². The minimum Gasteiger partial charge on any atom is -0.283 e. The van der Waals surface area contributed by atoms with Crippen molar-refractivity contribution in [2.24, 2.45) is 0 Å². The number of rotatable bonds is 3. The lowest BCUT2D eigenvalue weighted by Crippen LogP contribution is -2.34. The summed E-state index contributed by atoms with van der Waals surface area (Å²) in [5.74, 6) is 0. The zero-order valence-electron chi connectivity index (χ0n) is 11.6. The van der Waals surface area contributed by atoms with Gasteiger partial charge in [0.05, 0.1) is 4.86 Å². The summed E-state index contributed by atoms with van der Waals surface area (Å²) in [5.41, 5.74) is 2.09. The summed E-state index contributed by atoms with van der Waals surface area (Å²) in [6, 6.07) is 6.81. The molecule has 7 heteroatoms. The summed E-state index contributed by atoms with van der Waals surface area (Å²) in [6.45, 7) is 3.60. The molecule has 1 N–H and O–H groups in total. The summed E-state index contributed by atoms with van der Waals surface area (Å²) in [5, 5.41) is -1.22. The Morgan fingerprint density at radius 3 is 2.29 bits per heavy atom. The summed E-state index contributed by atoms with van der Waals surface area (Å²) < 4.78 is 49.7. The molecule has 0 bridgehead atoms. The maximum atomic E-state index is 12.4. The van der Waals surface area contributed by atoms with E-state index in [0.717, 1.165) is 5.56 Å². The van der Waals surface area contributed by atoms with Crippen LogP contribution in [0, 0.1) is 6.92 Å². The van der Waals surface area contributed by atoms with Gasteiger partial charge in [0, 0.05) is 5.69 Å². The molecule has 1 atom stereocenters. The summed E-state index contributed by atoms with van der Waals surface area (Å²) in [6.07, 6.45) is 4.33. The average Bonchev–Trinajstić information content (AvgIpc) is 2.40. The van der Waals surface area contributed by atoms with Gasteiger partial charge in [0.2, 0.25) is 20.3 Å². The van der Waals surface area contributed by atoms with Crippen LogP contribution in [0.4, 0.5) is 5.69 Å². The molecule has 1 unspecified atom stereocenters. The largest absolute Gasteiger partial charge is 0.283 e. The van der Waals surface area contributed by atoms with Crippen LogP contribution in [0.5, 0.6) is 0 Å². The quantitative estimate of drug-likeness (QED) is 0.857. The SMILES string of the molecule is CC1=CC(=S(=O)=O)C(S(=O)(=O)Nc2ccc(C)cc2)C=C1. The van der Waals surface area contributed by atoms with E-state index in [2.05, 4.69) is 4.72 Å². The van der Waals surface area contributed by atoms with Gasteiger partial charge in [0.15, 0.2) is 0 Å². The van der Waals surface area contributed by atoms with Gasteiger partial charge in [-0.2, -0.15) is 8.42 Å². The molecule has 0 spiro atoms. The van der Waals surface area contributed by atoms with Gasteiger partial charge in [-0.05, 0) is 32.1 Å². The summed E-state index contributed by atoms with van der Waals surface area (Å²) in [4.78, 5) is -0.158. The van der Waals surface area contributed by atoms with Gasteiger partial charge in [-0.3, -0.25) is 4.72 Å². The second-order valence-electron chi connectivity index (χ2n) is 4.82. The van der Waals surface area contributed by atoms with Gasteiger partial charge < -0.3 is 0 Å². The molecule has 0 saturated carbocycles. The first kappa shape index (κ1) is 15.5. The predicted octanol–water partition coefficient (Wildman–Crippen LogP) is 1.67. The van der Waals surface area contributed by atoms with E-state index in [1.165, 1.54) is 12.2 Å². The van der Waals surface area contributed by atoms with E-state index in [-0.39, 0.29) is 4.86 Å². The van der Waals surface area contributed by atoms with E-state index in [1.807, 2.05) is 6.92 Å². The third kappa shape index (κ3) is 3.62. The van der Waals surface area contributed by atoms with Gasteiger partial charge in [-0.15, -0.1) is 0 Å². The molecule has 2 rings (SSSR count). The minimum absolute atomic E-state index is 0.158. The third-order valence-electron chi connectivity index (χ3n) is 3.02. The molecular weight excluding hydrogens is 310 g/mol. The standard InChI is InChI=1S/C14H15NO4S2/c1-10-3-6-12(7-4-10)15-21(18,19)14-8-5-11(2)9-13(14)20(16)17/h3-9,14-15H,1-2H3. The molecule has 1 aliphatic carbocycles. The normalized spacial score (nSPS) is 18.3. The van der Waals surface area contributed by atoms with Crippen LogP contribution in [-0.4, -0.2) is 27.0 Å². The molecule has 0 radical (unpaired) electrons. The van der Waals surface area contributed by atoms with E-state index in [4.69, 9.17) is 0 Å². The fraction of sp³-hybridized carbons (Fsp3) is 0.214. The first-order valence-corrected chi connectivity index (χ1v) is 8.82. The van der Waals surface area contributed by atoms with Gasteiger partial charge in [-0.25, -0.2) is 8.42 Å². The number of sulfonamides is 1. The van der Waals surface area contributed by atoms with Gasteiger partial charge in [0.25, 0.3) is 0 Å². The Morgan fingerprint density at radius 1 is 1.10 bits per heavy atom. The van der Waals surface area contributed by atoms with Crippen molar-refractivity contribution in [3.05, 3.63) is 53.6 Å². The molecule has 0 fully saturated rings. The van der Waals surface area contributed by atoms with E-state index in [9.17, 15) is 16.8 Å². The van der Waals surface area contributed by atoms with Crippen LogP contribution in [-0.2, 0) is 20.3 Å². The monoisotopic (exact) mass is 325 g/mol. The molecule has 0 saturated heterocycles. The van der Waals surface area contributed by atoms with Gasteiger partial charge >= 0.3 is 0 Å². The van der Waals surface area contributed by atoms with Crippen molar-refractivity contribution in [2.75, 3.05) is 4.72 Å². The summed E-state index contributed by atoms with van der Waals surface area (Å²) in [7, 11) is -6.47. The van der Waals surface area contributed by atoms with Crippen molar-refractivity contribution in [1.82, 2.24) is 0 Å². The number of anilines is 1.